The fraction of sp³-hybridized carbons (Fsp3) is 0.267. The zero-order chi connectivity index (χ0) is 21.4. The summed E-state index contributed by atoms with van der Waals surface area (Å²) in [7, 11) is 3.30. The lowest BCUT2D eigenvalue weighted by atomic mass is 10.2. The van der Waals surface area contributed by atoms with Crippen LogP contribution in [0.3, 0.4) is 0 Å². The molecule has 2 aromatic rings. The molecular formula is C15H13BrF4N4O4. The van der Waals surface area contributed by atoms with Crippen molar-refractivity contribution in [2.75, 3.05) is 19.5 Å². The fourth-order valence-electron chi connectivity index (χ4n) is 2.20. The number of amides is 2. The number of alkyl halides is 3. The lowest BCUT2D eigenvalue weighted by molar-refractivity contribution is -0.144. The first kappa shape index (κ1) is 21.6. The van der Waals surface area contributed by atoms with Gasteiger partial charge in [0, 0.05) is 24.6 Å². The van der Waals surface area contributed by atoms with Crippen LogP contribution in [0.5, 0.6) is 0 Å². The van der Waals surface area contributed by atoms with E-state index in [1.54, 1.807) is 0 Å². The van der Waals surface area contributed by atoms with Gasteiger partial charge in [0.25, 0.3) is 5.56 Å². The highest BCUT2D eigenvalue weighted by Gasteiger charge is 2.35. The Labute approximate surface area is 163 Å². The van der Waals surface area contributed by atoms with E-state index < -0.39 is 40.7 Å². The molecular weight excluding hydrogens is 456 g/mol. The van der Waals surface area contributed by atoms with Crippen molar-refractivity contribution >= 4 is 27.6 Å². The van der Waals surface area contributed by atoms with Crippen molar-refractivity contribution < 1.29 is 27.2 Å². The Morgan fingerprint density at radius 3 is 2.39 bits per heavy atom. The van der Waals surface area contributed by atoms with Crippen LogP contribution >= 0.6 is 15.9 Å². The highest BCUT2D eigenvalue weighted by molar-refractivity contribution is 9.10. The van der Waals surface area contributed by atoms with Crippen LogP contribution in [-0.4, -0.2) is 34.4 Å². The molecule has 0 aliphatic rings. The number of nitrogens with zero attached hydrogens (tertiary/aromatic N) is 3. The summed E-state index contributed by atoms with van der Waals surface area (Å²) < 4.78 is 53.7. The number of rotatable bonds is 3. The average molecular weight is 469 g/mol. The molecule has 0 aliphatic carbocycles. The normalized spacial score (nSPS) is 11.4. The Hall–Kier alpha value is -2.67. The maximum Gasteiger partial charge on any atom is 0.431 e. The number of aromatic nitrogens is 2. The number of carbonyl (C=O) groups excluding carboxylic acids is 1. The summed E-state index contributed by atoms with van der Waals surface area (Å²) in [5.74, 6) is -1.08. The van der Waals surface area contributed by atoms with Crippen LogP contribution in [0.2, 0.25) is 0 Å². The first-order valence-corrected chi connectivity index (χ1v) is 8.16. The third-order valence-corrected chi connectivity index (χ3v) is 4.35. The Balaban J connectivity index is 2.68. The predicted octanol–water partition coefficient (Wildman–Crippen LogP) is 2.48. The Morgan fingerprint density at radius 2 is 1.86 bits per heavy atom. The van der Waals surface area contributed by atoms with Gasteiger partial charge in [-0.15, -0.1) is 0 Å². The van der Waals surface area contributed by atoms with Gasteiger partial charge in [0.15, 0.2) is 0 Å². The van der Waals surface area contributed by atoms with E-state index in [9.17, 15) is 31.9 Å². The maximum atomic E-state index is 14.4. The summed E-state index contributed by atoms with van der Waals surface area (Å²) in [6.45, 7) is 0. The first-order valence-electron chi connectivity index (χ1n) is 7.37. The topological polar surface area (TPSA) is 85.6 Å². The van der Waals surface area contributed by atoms with Gasteiger partial charge < -0.3 is 5.32 Å². The number of anilines is 1. The van der Waals surface area contributed by atoms with Gasteiger partial charge in [-0.05, 0) is 28.1 Å². The average Bonchev–Trinajstić information content (AvgIpc) is 2.59. The minimum Gasteiger partial charge on any atom is -0.305 e. The van der Waals surface area contributed by atoms with Crippen molar-refractivity contribution in [1.82, 2.24) is 14.2 Å². The number of hydroxylamine groups is 2. The number of nitrogens with one attached hydrogen (secondary N) is 1. The molecule has 1 heterocycles. The number of hydrogen-bond acceptors (Lipinski definition) is 4. The van der Waals surface area contributed by atoms with E-state index in [1.807, 2.05) is 0 Å². The van der Waals surface area contributed by atoms with Crippen molar-refractivity contribution in [2.45, 2.75) is 6.18 Å². The van der Waals surface area contributed by atoms with Gasteiger partial charge in [0.2, 0.25) is 0 Å². The van der Waals surface area contributed by atoms with Crippen LogP contribution in [0.1, 0.15) is 5.69 Å². The second-order valence-electron chi connectivity index (χ2n) is 5.44. The highest BCUT2D eigenvalue weighted by atomic mass is 79.9. The van der Waals surface area contributed by atoms with Crippen LogP contribution in [0.4, 0.5) is 28.0 Å². The smallest absolute Gasteiger partial charge is 0.305 e. The standard InChI is InChI=1S/C15H13BrF4N4O4/c1-22-11(15(18,19)20)6-12(25)24(14(22)27)10-5-9(7(16)4-8(10)17)21-13(26)23(2)28-3/h4-6H,1-3H3,(H,21,26). The van der Waals surface area contributed by atoms with Crippen molar-refractivity contribution in [2.24, 2.45) is 7.05 Å². The minimum atomic E-state index is -4.95. The summed E-state index contributed by atoms with van der Waals surface area (Å²) >= 11 is 3.01. The van der Waals surface area contributed by atoms with Crippen molar-refractivity contribution in [3.05, 3.63) is 55.0 Å². The molecule has 0 aliphatic heterocycles. The summed E-state index contributed by atoms with van der Waals surface area (Å²) in [6.07, 6.45) is -4.95. The summed E-state index contributed by atoms with van der Waals surface area (Å²) in [5.41, 5.74) is -4.97. The molecule has 28 heavy (non-hydrogen) atoms. The predicted molar refractivity (Wildman–Crippen MR) is 93.7 cm³/mol. The fourth-order valence-corrected chi connectivity index (χ4v) is 2.62. The van der Waals surface area contributed by atoms with Gasteiger partial charge in [-0.3, -0.25) is 14.2 Å². The number of carbonyl (C=O) groups is 1. The maximum absolute atomic E-state index is 14.4. The molecule has 152 valence electrons. The third-order valence-electron chi connectivity index (χ3n) is 3.69. The van der Waals surface area contributed by atoms with Gasteiger partial charge >= 0.3 is 17.9 Å². The molecule has 0 unspecified atom stereocenters. The molecule has 0 bridgehead atoms. The quantitative estimate of drug-likeness (QED) is 0.553. The van der Waals surface area contributed by atoms with Crippen molar-refractivity contribution in [3.8, 4) is 5.69 Å². The molecule has 2 rings (SSSR count). The molecule has 8 nitrogen and oxygen atoms in total. The second-order valence-corrected chi connectivity index (χ2v) is 6.29. The Morgan fingerprint density at radius 1 is 1.25 bits per heavy atom. The molecule has 1 aromatic heterocycles. The van der Waals surface area contributed by atoms with E-state index in [2.05, 4.69) is 26.1 Å². The number of halogens is 5. The molecule has 0 fully saturated rings. The lowest BCUT2D eigenvalue weighted by Gasteiger charge is -2.17. The zero-order valence-electron chi connectivity index (χ0n) is 14.6. The summed E-state index contributed by atoms with van der Waals surface area (Å²) in [6, 6.07) is 1.19. The molecule has 1 N–H and O–H groups in total. The van der Waals surface area contributed by atoms with E-state index in [1.165, 1.54) is 14.2 Å². The molecule has 1 aromatic carbocycles. The van der Waals surface area contributed by atoms with Crippen LogP contribution in [0.25, 0.3) is 5.69 Å². The van der Waals surface area contributed by atoms with Crippen molar-refractivity contribution in [3.63, 3.8) is 0 Å². The van der Waals surface area contributed by atoms with Crippen LogP contribution < -0.4 is 16.6 Å². The monoisotopic (exact) mass is 468 g/mol. The molecule has 0 saturated heterocycles. The molecule has 0 spiro atoms. The van der Waals surface area contributed by atoms with Gasteiger partial charge in [-0.1, -0.05) is 0 Å². The van der Waals surface area contributed by atoms with Crippen molar-refractivity contribution in [1.29, 1.82) is 0 Å². The lowest BCUT2D eigenvalue weighted by Crippen LogP contribution is -2.41. The molecule has 0 atom stereocenters. The molecule has 13 heteroatoms. The van der Waals surface area contributed by atoms with E-state index in [0.717, 1.165) is 24.2 Å². The van der Waals surface area contributed by atoms with E-state index in [0.29, 0.717) is 0 Å². The number of hydrogen-bond donors (Lipinski definition) is 1. The summed E-state index contributed by atoms with van der Waals surface area (Å²) in [5, 5.41) is 3.14. The van der Waals surface area contributed by atoms with Gasteiger partial charge in [-0.25, -0.2) is 23.6 Å². The van der Waals surface area contributed by atoms with Gasteiger partial charge in [0.05, 0.1) is 18.5 Å². The van der Waals surface area contributed by atoms with Gasteiger partial charge in [-0.2, -0.15) is 13.2 Å². The molecule has 2 amide bonds. The zero-order valence-corrected chi connectivity index (χ0v) is 16.2. The molecule has 0 radical (unpaired) electrons. The summed E-state index contributed by atoms with van der Waals surface area (Å²) in [4.78, 5) is 41.0. The third kappa shape index (κ3) is 4.09. The van der Waals surface area contributed by atoms with Crippen LogP contribution in [0, 0.1) is 5.82 Å². The number of benzene rings is 1. The second kappa shape index (κ2) is 7.75. The van der Waals surface area contributed by atoms with Gasteiger partial charge in [0.1, 0.15) is 11.5 Å². The van der Waals surface area contributed by atoms with Crippen LogP contribution in [0.15, 0.2) is 32.3 Å². The highest BCUT2D eigenvalue weighted by Crippen LogP contribution is 2.29. The molecule has 0 saturated carbocycles. The largest absolute Gasteiger partial charge is 0.431 e. The van der Waals surface area contributed by atoms with E-state index in [-0.39, 0.29) is 25.4 Å². The first-order chi connectivity index (χ1) is 12.9. The Kier molecular flexibility index (Phi) is 5.99. The minimum absolute atomic E-state index is 0.0563. The van der Waals surface area contributed by atoms with Crippen LogP contribution in [-0.2, 0) is 18.1 Å². The number of urea groups is 1. The SMILES string of the molecule is CON(C)C(=O)Nc1cc(-n2c(=O)cc(C(F)(F)F)n(C)c2=O)c(F)cc1Br. The Bertz CT molecular complexity index is 1050. The van der Waals surface area contributed by atoms with E-state index >= 15 is 0 Å². The van der Waals surface area contributed by atoms with E-state index in [4.69, 9.17) is 0 Å².